The Balaban J connectivity index is 1.81. The van der Waals surface area contributed by atoms with Crippen LogP contribution in [0.3, 0.4) is 0 Å². The molecule has 0 aliphatic heterocycles. The van der Waals surface area contributed by atoms with Crippen LogP contribution < -0.4 is 15.2 Å². The summed E-state index contributed by atoms with van der Waals surface area (Å²) >= 11 is 0. The summed E-state index contributed by atoms with van der Waals surface area (Å²) in [7, 11) is 1.71. The number of pyridine rings is 1. The molecule has 25 heavy (non-hydrogen) atoms. The Kier molecular flexibility index (Phi) is 4.84. The lowest BCUT2D eigenvalue weighted by atomic mass is 10.1. The third-order valence-corrected chi connectivity index (χ3v) is 4.19. The Morgan fingerprint density at radius 3 is 2.52 bits per heavy atom. The van der Waals surface area contributed by atoms with E-state index in [1.54, 1.807) is 40.9 Å². The van der Waals surface area contributed by atoms with E-state index in [-0.39, 0.29) is 18.1 Å². The zero-order valence-corrected chi connectivity index (χ0v) is 14.3. The molecule has 3 rings (SSSR count). The van der Waals surface area contributed by atoms with Gasteiger partial charge in [-0.05, 0) is 37.3 Å². The maximum absolute atomic E-state index is 12.4. The van der Waals surface area contributed by atoms with Crippen molar-refractivity contribution in [2.75, 3.05) is 18.6 Å². The molecule has 0 bridgehead atoms. The summed E-state index contributed by atoms with van der Waals surface area (Å²) in [6, 6.07) is 16.5. The number of rotatable bonds is 5. The Hall–Kier alpha value is -3.08. The van der Waals surface area contributed by atoms with Gasteiger partial charge in [0, 0.05) is 30.9 Å². The van der Waals surface area contributed by atoms with E-state index < -0.39 is 0 Å². The molecule has 128 valence electrons. The van der Waals surface area contributed by atoms with Crippen LogP contribution >= 0.6 is 0 Å². The fourth-order valence-corrected chi connectivity index (χ4v) is 2.70. The van der Waals surface area contributed by atoms with Crippen LogP contribution in [-0.4, -0.2) is 24.1 Å². The van der Waals surface area contributed by atoms with Gasteiger partial charge in [0.1, 0.15) is 5.75 Å². The van der Waals surface area contributed by atoms with E-state index in [0.717, 1.165) is 5.69 Å². The third-order valence-electron chi connectivity index (χ3n) is 4.19. The van der Waals surface area contributed by atoms with Gasteiger partial charge < -0.3 is 14.2 Å². The topological polar surface area (TPSA) is 51.5 Å². The molecule has 0 atom stereocenters. The SMILES string of the molecule is CCn1ccc2c(OCC(=O)N(C)c3ccccc3)cccc2c1=O. The summed E-state index contributed by atoms with van der Waals surface area (Å²) in [5.41, 5.74) is 0.748. The van der Waals surface area contributed by atoms with Gasteiger partial charge in [0.25, 0.3) is 11.5 Å². The second-order valence-electron chi connectivity index (χ2n) is 5.70. The molecule has 1 aromatic heterocycles. The number of para-hydroxylation sites is 1. The first kappa shape index (κ1) is 16.8. The van der Waals surface area contributed by atoms with E-state index in [9.17, 15) is 9.59 Å². The van der Waals surface area contributed by atoms with E-state index in [0.29, 0.717) is 23.1 Å². The number of benzene rings is 2. The molecular formula is C20H20N2O3. The molecule has 0 spiro atoms. The fourth-order valence-electron chi connectivity index (χ4n) is 2.70. The van der Waals surface area contributed by atoms with Crippen LogP contribution in [0.5, 0.6) is 5.75 Å². The lowest BCUT2D eigenvalue weighted by molar-refractivity contribution is -0.120. The largest absolute Gasteiger partial charge is 0.483 e. The van der Waals surface area contributed by atoms with Gasteiger partial charge in [-0.15, -0.1) is 0 Å². The molecule has 0 saturated carbocycles. The number of carbonyl (C=O) groups excluding carboxylic acids is 1. The number of nitrogens with zero attached hydrogens (tertiary/aromatic N) is 2. The van der Waals surface area contributed by atoms with Crippen LogP contribution in [0.2, 0.25) is 0 Å². The average molecular weight is 336 g/mol. The maximum atomic E-state index is 12.4. The van der Waals surface area contributed by atoms with Crippen molar-refractivity contribution in [1.29, 1.82) is 0 Å². The molecule has 0 N–H and O–H groups in total. The number of aromatic nitrogens is 1. The lowest BCUT2D eigenvalue weighted by Crippen LogP contribution is -2.31. The summed E-state index contributed by atoms with van der Waals surface area (Å²) in [6.45, 7) is 2.44. The van der Waals surface area contributed by atoms with Crippen LogP contribution in [0.25, 0.3) is 10.8 Å². The lowest BCUT2D eigenvalue weighted by Gasteiger charge is -2.18. The maximum Gasteiger partial charge on any atom is 0.264 e. The molecule has 0 aliphatic carbocycles. The van der Waals surface area contributed by atoms with E-state index in [1.807, 2.05) is 43.3 Å². The molecule has 0 aliphatic rings. The van der Waals surface area contributed by atoms with Crippen molar-refractivity contribution in [3.63, 3.8) is 0 Å². The second kappa shape index (κ2) is 7.21. The first-order valence-corrected chi connectivity index (χ1v) is 8.18. The van der Waals surface area contributed by atoms with Gasteiger partial charge in [0.2, 0.25) is 0 Å². The molecule has 1 amide bonds. The first-order valence-electron chi connectivity index (χ1n) is 8.18. The molecule has 3 aromatic rings. The molecular weight excluding hydrogens is 316 g/mol. The van der Waals surface area contributed by atoms with E-state index in [2.05, 4.69) is 0 Å². The predicted octanol–water partition coefficient (Wildman–Crippen LogP) is 3.06. The van der Waals surface area contributed by atoms with Crippen molar-refractivity contribution >= 4 is 22.4 Å². The van der Waals surface area contributed by atoms with Crippen molar-refractivity contribution in [3.05, 3.63) is 71.1 Å². The molecule has 0 saturated heterocycles. The molecule has 0 radical (unpaired) electrons. The normalized spacial score (nSPS) is 10.6. The van der Waals surface area contributed by atoms with Gasteiger partial charge in [-0.1, -0.05) is 24.3 Å². The van der Waals surface area contributed by atoms with Crippen LogP contribution in [-0.2, 0) is 11.3 Å². The summed E-state index contributed by atoms with van der Waals surface area (Å²) in [6.07, 6.45) is 1.75. The summed E-state index contributed by atoms with van der Waals surface area (Å²) in [4.78, 5) is 26.3. The molecule has 2 aromatic carbocycles. The number of hydrogen-bond donors (Lipinski definition) is 0. The first-order chi connectivity index (χ1) is 12.1. The molecule has 0 unspecified atom stereocenters. The number of anilines is 1. The van der Waals surface area contributed by atoms with Crippen LogP contribution in [0.1, 0.15) is 6.92 Å². The Bertz CT molecular complexity index is 948. The minimum atomic E-state index is -0.162. The monoisotopic (exact) mass is 336 g/mol. The number of amides is 1. The number of ether oxygens (including phenoxy) is 1. The zero-order chi connectivity index (χ0) is 17.8. The number of fused-ring (bicyclic) bond motifs is 1. The average Bonchev–Trinajstić information content (AvgIpc) is 2.66. The number of aryl methyl sites for hydroxylation is 1. The van der Waals surface area contributed by atoms with Crippen LogP contribution in [0.15, 0.2) is 65.6 Å². The van der Waals surface area contributed by atoms with Crippen LogP contribution in [0, 0.1) is 0 Å². The van der Waals surface area contributed by atoms with Gasteiger partial charge in [-0.2, -0.15) is 0 Å². The number of carbonyl (C=O) groups is 1. The predicted molar refractivity (Wildman–Crippen MR) is 99.2 cm³/mol. The molecule has 1 heterocycles. The van der Waals surface area contributed by atoms with Gasteiger partial charge in [0.05, 0.1) is 5.39 Å². The summed E-state index contributed by atoms with van der Waals surface area (Å²) in [5, 5.41) is 1.30. The smallest absolute Gasteiger partial charge is 0.264 e. The zero-order valence-electron chi connectivity index (χ0n) is 14.3. The van der Waals surface area contributed by atoms with Crippen molar-refractivity contribution in [3.8, 4) is 5.75 Å². The van der Waals surface area contributed by atoms with Crippen molar-refractivity contribution in [2.45, 2.75) is 13.5 Å². The van der Waals surface area contributed by atoms with Gasteiger partial charge in [-0.3, -0.25) is 9.59 Å². The molecule has 5 heteroatoms. The van der Waals surface area contributed by atoms with Crippen LogP contribution in [0.4, 0.5) is 5.69 Å². The minimum Gasteiger partial charge on any atom is -0.483 e. The van der Waals surface area contributed by atoms with Crippen molar-refractivity contribution in [1.82, 2.24) is 4.57 Å². The molecule has 5 nitrogen and oxygen atoms in total. The highest BCUT2D eigenvalue weighted by molar-refractivity contribution is 5.94. The van der Waals surface area contributed by atoms with Crippen molar-refractivity contribution in [2.24, 2.45) is 0 Å². The van der Waals surface area contributed by atoms with E-state index >= 15 is 0 Å². The van der Waals surface area contributed by atoms with Gasteiger partial charge in [0.15, 0.2) is 6.61 Å². The summed E-state index contributed by atoms with van der Waals surface area (Å²) < 4.78 is 7.35. The molecule has 0 fully saturated rings. The quantitative estimate of drug-likeness (QED) is 0.719. The highest BCUT2D eigenvalue weighted by Gasteiger charge is 2.13. The number of likely N-dealkylation sites (N-methyl/N-ethyl adjacent to an activating group) is 1. The van der Waals surface area contributed by atoms with Gasteiger partial charge >= 0.3 is 0 Å². The highest BCUT2D eigenvalue weighted by atomic mass is 16.5. The van der Waals surface area contributed by atoms with E-state index in [4.69, 9.17) is 4.74 Å². The summed E-state index contributed by atoms with van der Waals surface area (Å²) in [5.74, 6) is 0.373. The Morgan fingerprint density at radius 1 is 1.04 bits per heavy atom. The minimum absolute atomic E-state index is 0.0572. The van der Waals surface area contributed by atoms with Gasteiger partial charge in [-0.25, -0.2) is 0 Å². The Morgan fingerprint density at radius 2 is 1.80 bits per heavy atom. The van der Waals surface area contributed by atoms with Crippen molar-refractivity contribution < 1.29 is 9.53 Å². The fraction of sp³-hybridized carbons (Fsp3) is 0.200. The van der Waals surface area contributed by atoms with E-state index in [1.165, 1.54) is 0 Å². The number of hydrogen-bond acceptors (Lipinski definition) is 3. The third kappa shape index (κ3) is 3.40. The second-order valence-corrected chi connectivity index (χ2v) is 5.70. The highest BCUT2D eigenvalue weighted by Crippen LogP contribution is 2.23. The Labute approximate surface area is 146 Å². The standard InChI is InChI=1S/C20H20N2O3/c1-3-22-13-12-16-17(20(22)24)10-7-11-18(16)25-14-19(23)21(2)15-8-5-4-6-9-15/h4-13H,3,14H2,1-2H3.